The van der Waals surface area contributed by atoms with Crippen molar-refractivity contribution in [1.29, 1.82) is 0 Å². The summed E-state index contributed by atoms with van der Waals surface area (Å²) in [5.74, 6) is 0.472. The molecule has 1 fully saturated rings. The maximum absolute atomic E-state index is 12.7. The molecular weight excluding hydrogens is 303 g/mol. The number of benzene rings is 1. The molecule has 1 aromatic carbocycles. The summed E-state index contributed by atoms with van der Waals surface area (Å²) >= 11 is 0. The van der Waals surface area contributed by atoms with E-state index in [9.17, 15) is 13.2 Å². The molecule has 23 heavy (non-hydrogen) atoms. The van der Waals surface area contributed by atoms with Crippen LogP contribution in [0.2, 0.25) is 0 Å². The zero-order chi connectivity index (χ0) is 16.6. The monoisotopic (exact) mass is 323 g/mol. The third-order valence-corrected chi connectivity index (χ3v) is 4.53. The summed E-state index contributed by atoms with van der Waals surface area (Å²) in [5.41, 5.74) is 3.26. The number of rotatable bonds is 2. The van der Waals surface area contributed by atoms with Crippen molar-refractivity contribution in [2.24, 2.45) is 0 Å². The Morgan fingerprint density at radius 1 is 1.09 bits per heavy atom. The molecule has 0 aliphatic carbocycles. The molecule has 6 heteroatoms. The van der Waals surface area contributed by atoms with Gasteiger partial charge in [-0.2, -0.15) is 18.3 Å². The van der Waals surface area contributed by atoms with Gasteiger partial charge in [-0.05, 0) is 75.5 Å². The molecule has 1 N–H and O–H groups in total. The van der Waals surface area contributed by atoms with Crippen molar-refractivity contribution >= 4 is 0 Å². The third kappa shape index (κ3) is 3.13. The van der Waals surface area contributed by atoms with E-state index in [2.05, 4.69) is 10.4 Å². The van der Waals surface area contributed by atoms with Crippen LogP contribution < -0.4 is 5.32 Å². The predicted molar refractivity (Wildman–Crippen MR) is 82.9 cm³/mol. The number of hydrogen-bond acceptors (Lipinski definition) is 2. The topological polar surface area (TPSA) is 29.9 Å². The van der Waals surface area contributed by atoms with Gasteiger partial charge in [-0.1, -0.05) is 0 Å². The lowest BCUT2D eigenvalue weighted by molar-refractivity contribution is -0.137. The summed E-state index contributed by atoms with van der Waals surface area (Å²) in [6.45, 7) is 5.96. The molecule has 0 atom stereocenters. The lowest BCUT2D eigenvalue weighted by atomic mass is 9.89. The largest absolute Gasteiger partial charge is 0.416 e. The van der Waals surface area contributed by atoms with Crippen LogP contribution in [-0.2, 0) is 6.18 Å². The second-order valence-electron chi connectivity index (χ2n) is 6.07. The van der Waals surface area contributed by atoms with E-state index in [1.165, 1.54) is 17.7 Å². The maximum Gasteiger partial charge on any atom is 0.416 e. The van der Waals surface area contributed by atoms with Crippen LogP contribution >= 0.6 is 0 Å². The molecule has 124 valence electrons. The van der Waals surface area contributed by atoms with Gasteiger partial charge in [0.15, 0.2) is 0 Å². The van der Waals surface area contributed by atoms with Gasteiger partial charge in [0.05, 0.1) is 16.9 Å². The van der Waals surface area contributed by atoms with Crippen LogP contribution in [0.3, 0.4) is 0 Å². The Morgan fingerprint density at radius 2 is 1.70 bits per heavy atom. The van der Waals surface area contributed by atoms with Crippen molar-refractivity contribution in [2.75, 3.05) is 13.1 Å². The summed E-state index contributed by atoms with van der Waals surface area (Å²) in [5, 5.41) is 7.91. The first-order chi connectivity index (χ1) is 10.9. The van der Waals surface area contributed by atoms with Crippen LogP contribution in [-0.4, -0.2) is 22.9 Å². The van der Waals surface area contributed by atoms with Crippen molar-refractivity contribution < 1.29 is 13.2 Å². The average Bonchev–Trinajstić information content (AvgIpc) is 2.82. The van der Waals surface area contributed by atoms with Gasteiger partial charge in [0, 0.05) is 5.69 Å². The Bertz CT molecular complexity index is 680. The van der Waals surface area contributed by atoms with Crippen molar-refractivity contribution in [1.82, 2.24) is 15.1 Å². The number of nitrogens with zero attached hydrogens (tertiary/aromatic N) is 2. The highest BCUT2D eigenvalue weighted by atomic mass is 19.4. The molecule has 2 heterocycles. The number of aromatic nitrogens is 2. The minimum atomic E-state index is -4.31. The molecular formula is C17H20F3N3. The zero-order valence-electron chi connectivity index (χ0n) is 13.2. The van der Waals surface area contributed by atoms with Gasteiger partial charge in [0.25, 0.3) is 0 Å². The van der Waals surface area contributed by atoms with E-state index < -0.39 is 11.7 Å². The zero-order valence-corrected chi connectivity index (χ0v) is 13.2. The summed E-state index contributed by atoms with van der Waals surface area (Å²) < 4.78 is 39.8. The Labute approximate surface area is 133 Å². The molecule has 3 nitrogen and oxygen atoms in total. The molecule has 1 saturated heterocycles. The fourth-order valence-electron chi connectivity index (χ4n) is 3.40. The highest BCUT2D eigenvalue weighted by Gasteiger charge is 2.30. The lowest BCUT2D eigenvalue weighted by Gasteiger charge is -2.23. The van der Waals surface area contributed by atoms with Gasteiger partial charge in [-0.15, -0.1) is 0 Å². The molecule has 0 unspecified atom stereocenters. The van der Waals surface area contributed by atoms with Crippen LogP contribution in [0.15, 0.2) is 24.3 Å². The van der Waals surface area contributed by atoms with E-state index in [4.69, 9.17) is 0 Å². The number of hydrogen-bond donors (Lipinski definition) is 1. The highest BCUT2D eigenvalue weighted by Crippen LogP contribution is 2.33. The van der Waals surface area contributed by atoms with Gasteiger partial charge in [0.1, 0.15) is 0 Å². The number of alkyl halides is 3. The highest BCUT2D eigenvalue weighted by molar-refractivity contribution is 5.40. The average molecular weight is 323 g/mol. The Kier molecular flexibility index (Phi) is 4.19. The SMILES string of the molecule is Cc1nn(-c2ccc(C(F)(F)F)cc2)c(C)c1C1CCNCC1. The summed E-state index contributed by atoms with van der Waals surface area (Å²) in [7, 11) is 0. The molecule has 0 radical (unpaired) electrons. The first-order valence-electron chi connectivity index (χ1n) is 7.82. The van der Waals surface area contributed by atoms with Crippen molar-refractivity contribution in [3.05, 3.63) is 46.8 Å². The standard InChI is InChI=1S/C17H20F3N3/c1-11-16(13-7-9-21-10-8-13)12(2)23(22-11)15-5-3-14(4-6-15)17(18,19)20/h3-6,13,21H,7-10H2,1-2H3. The second kappa shape index (κ2) is 6.00. The Balaban J connectivity index is 1.94. The Hall–Kier alpha value is -1.82. The summed E-state index contributed by atoms with van der Waals surface area (Å²) in [6, 6.07) is 5.18. The summed E-state index contributed by atoms with van der Waals surface area (Å²) in [4.78, 5) is 0. The Morgan fingerprint density at radius 3 is 2.26 bits per heavy atom. The predicted octanol–water partition coefficient (Wildman–Crippen LogP) is 3.97. The third-order valence-electron chi connectivity index (χ3n) is 4.53. The van der Waals surface area contributed by atoms with E-state index in [0.29, 0.717) is 11.6 Å². The minimum Gasteiger partial charge on any atom is -0.317 e. The van der Waals surface area contributed by atoms with Gasteiger partial charge in [-0.3, -0.25) is 0 Å². The van der Waals surface area contributed by atoms with Crippen molar-refractivity contribution in [2.45, 2.75) is 38.8 Å². The molecule has 1 aromatic heterocycles. The van der Waals surface area contributed by atoms with Gasteiger partial charge in [0.2, 0.25) is 0 Å². The van der Waals surface area contributed by atoms with Gasteiger partial charge < -0.3 is 5.32 Å². The fourth-order valence-corrected chi connectivity index (χ4v) is 3.40. The van der Waals surface area contributed by atoms with E-state index in [-0.39, 0.29) is 0 Å². The molecule has 0 bridgehead atoms. The molecule has 3 rings (SSSR count). The van der Waals surface area contributed by atoms with E-state index in [1.807, 2.05) is 13.8 Å². The number of piperidine rings is 1. The van der Waals surface area contributed by atoms with E-state index in [1.54, 1.807) is 4.68 Å². The van der Waals surface area contributed by atoms with Crippen LogP contribution in [0.25, 0.3) is 5.69 Å². The number of halogens is 3. The quantitative estimate of drug-likeness (QED) is 0.906. The first-order valence-corrected chi connectivity index (χ1v) is 7.82. The van der Waals surface area contributed by atoms with E-state index >= 15 is 0 Å². The molecule has 0 amide bonds. The molecule has 2 aromatic rings. The molecule has 0 saturated carbocycles. The molecule has 0 spiro atoms. The number of aryl methyl sites for hydroxylation is 1. The van der Waals surface area contributed by atoms with Crippen molar-refractivity contribution in [3.63, 3.8) is 0 Å². The maximum atomic E-state index is 12.7. The van der Waals surface area contributed by atoms with Crippen LogP contribution in [0.1, 0.15) is 41.3 Å². The second-order valence-corrected chi connectivity index (χ2v) is 6.07. The van der Waals surface area contributed by atoms with Crippen LogP contribution in [0.4, 0.5) is 13.2 Å². The summed E-state index contributed by atoms with van der Waals surface area (Å²) in [6.07, 6.45) is -2.17. The van der Waals surface area contributed by atoms with Crippen molar-refractivity contribution in [3.8, 4) is 5.69 Å². The molecule has 1 aliphatic rings. The fraction of sp³-hybridized carbons (Fsp3) is 0.471. The van der Waals surface area contributed by atoms with E-state index in [0.717, 1.165) is 49.5 Å². The minimum absolute atomic E-state index is 0.472. The smallest absolute Gasteiger partial charge is 0.317 e. The van der Waals surface area contributed by atoms with Gasteiger partial charge >= 0.3 is 6.18 Å². The first kappa shape index (κ1) is 16.1. The normalized spacial score (nSPS) is 16.7. The van der Waals surface area contributed by atoms with Crippen LogP contribution in [0.5, 0.6) is 0 Å². The van der Waals surface area contributed by atoms with Crippen LogP contribution in [0, 0.1) is 13.8 Å². The van der Waals surface area contributed by atoms with Gasteiger partial charge in [-0.25, -0.2) is 4.68 Å². The lowest BCUT2D eigenvalue weighted by Crippen LogP contribution is -2.27. The number of nitrogens with one attached hydrogen (secondary N) is 1. The molecule has 1 aliphatic heterocycles.